The minimum absolute atomic E-state index is 0.414. The Bertz CT molecular complexity index is 887. The summed E-state index contributed by atoms with van der Waals surface area (Å²) in [4.78, 5) is 7.17. The highest BCUT2D eigenvalue weighted by molar-refractivity contribution is 5.54. The molecular formula is C23H26N2O3. The van der Waals surface area contributed by atoms with Crippen molar-refractivity contribution in [3.05, 3.63) is 66.1 Å². The SMILES string of the molecule is CCOc1ccc(C2CCCN2Cc2coc(-c3ccc(OC)cc3)n2)cc1. The number of ether oxygens (including phenoxy) is 2. The van der Waals surface area contributed by atoms with Crippen LogP contribution >= 0.6 is 0 Å². The molecule has 1 atom stereocenters. The van der Waals surface area contributed by atoms with Crippen molar-refractivity contribution in [2.45, 2.75) is 32.4 Å². The van der Waals surface area contributed by atoms with Gasteiger partial charge in [0.2, 0.25) is 5.89 Å². The Kier molecular flexibility index (Phi) is 5.63. The van der Waals surface area contributed by atoms with E-state index < -0.39 is 0 Å². The highest BCUT2D eigenvalue weighted by Gasteiger charge is 2.26. The molecule has 1 saturated heterocycles. The Hall–Kier alpha value is -2.79. The molecule has 1 unspecified atom stereocenters. The molecule has 146 valence electrons. The first-order chi connectivity index (χ1) is 13.8. The van der Waals surface area contributed by atoms with E-state index in [4.69, 9.17) is 18.9 Å². The average Bonchev–Trinajstić information content (AvgIpc) is 3.39. The molecule has 2 heterocycles. The van der Waals surface area contributed by atoms with Gasteiger partial charge in [-0.3, -0.25) is 4.90 Å². The Balaban J connectivity index is 1.45. The summed E-state index contributed by atoms with van der Waals surface area (Å²) in [6, 6.07) is 16.7. The molecule has 3 aromatic rings. The fraction of sp³-hybridized carbons (Fsp3) is 0.348. The Morgan fingerprint density at radius 1 is 1.07 bits per heavy atom. The molecule has 5 heteroatoms. The lowest BCUT2D eigenvalue weighted by Gasteiger charge is -2.24. The summed E-state index contributed by atoms with van der Waals surface area (Å²) >= 11 is 0. The first-order valence-electron chi connectivity index (χ1n) is 9.82. The monoisotopic (exact) mass is 378 g/mol. The summed E-state index contributed by atoms with van der Waals surface area (Å²) in [5.74, 6) is 2.40. The molecule has 2 aromatic carbocycles. The zero-order valence-corrected chi connectivity index (χ0v) is 16.4. The molecule has 0 amide bonds. The van der Waals surface area contributed by atoms with Crippen molar-refractivity contribution in [1.29, 1.82) is 0 Å². The highest BCUT2D eigenvalue weighted by Crippen LogP contribution is 2.34. The van der Waals surface area contributed by atoms with Gasteiger partial charge in [-0.1, -0.05) is 12.1 Å². The number of methoxy groups -OCH3 is 1. The van der Waals surface area contributed by atoms with E-state index in [1.54, 1.807) is 13.4 Å². The van der Waals surface area contributed by atoms with Crippen LogP contribution in [0.1, 0.15) is 37.1 Å². The third kappa shape index (κ3) is 4.04. The van der Waals surface area contributed by atoms with E-state index >= 15 is 0 Å². The molecule has 0 aliphatic carbocycles. The van der Waals surface area contributed by atoms with Crippen molar-refractivity contribution in [2.75, 3.05) is 20.3 Å². The maximum Gasteiger partial charge on any atom is 0.226 e. The summed E-state index contributed by atoms with van der Waals surface area (Å²) in [7, 11) is 1.66. The highest BCUT2D eigenvalue weighted by atomic mass is 16.5. The summed E-state index contributed by atoms with van der Waals surface area (Å²) in [6.07, 6.45) is 4.13. The van der Waals surface area contributed by atoms with Crippen LogP contribution in [0.25, 0.3) is 11.5 Å². The Labute approximate surface area is 165 Å². The summed E-state index contributed by atoms with van der Waals surface area (Å²) in [5.41, 5.74) is 3.25. The molecule has 0 spiro atoms. The number of rotatable bonds is 7. The van der Waals surface area contributed by atoms with Gasteiger partial charge in [-0.15, -0.1) is 0 Å². The fourth-order valence-corrected chi connectivity index (χ4v) is 3.80. The standard InChI is InChI=1S/C23H26N2O3/c1-3-27-21-12-6-17(7-13-21)22-5-4-14-25(22)15-19-16-28-23(24-19)18-8-10-20(26-2)11-9-18/h6-13,16,22H,3-5,14-15H2,1-2H3. The van der Waals surface area contributed by atoms with Crippen molar-refractivity contribution in [2.24, 2.45) is 0 Å². The zero-order valence-electron chi connectivity index (χ0n) is 16.4. The third-order valence-corrected chi connectivity index (χ3v) is 5.19. The summed E-state index contributed by atoms with van der Waals surface area (Å²) < 4.78 is 16.5. The van der Waals surface area contributed by atoms with Crippen LogP contribution in [0.2, 0.25) is 0 Å². The molecule has 0 N–H and O–H groups in total. The van der Waals surface area contributed by atoms with E-state index in [2.05, 4.69) is 29.2 Å². The van der Waals surface area contributed by atoms with Gasteiger partial charge in [-0.25, -0.2) is 4.98 Å². The molecule has 0 radical (unpaired) electrons. The second-order valence-electron chi connectivity index (χ2n) is 7.00. The smallest absolute Gasteiger partial charge is 0.226 e. The summed E-state index contributed by atoms with van der Waals surface area (Å²) in [5, 5.41) is 0. The number of hydrogen-bond acceptors (Lipinski definition) is 5. The molecule has 1 aliphatic heterocycles. The Morgan fingerprint density at radius 2 is 1.82 bits per heavy atom. The molecule has 1 fully saturated rings. The lowest BCUT2D eigenvalue weighted by atomic mass is 10.0. The van der Waals surface area contributed by atoms with Crippen LogP contribution in [0.3, 0.4) is 0 Å². The normalized spacial score (nSPS) is 17.0. The van der Waals surface area contributed by atoms with Gasteiger partial charge in [0.15, 0.2) is 0 Å². The lowest BCUT2D eigenvalue weighted by molar-refractivity contribution is 0.245. The second kappa shape index (κ2) is 8.48. The predicted molar refractivity (Wildman–Crippen MR) is 108 cm³/mol. The van der Waals surface area contributed by atoms with Crippen molar-refractivity contribution in [1.82, 2.24) is 9.88 Å². The quantitative estimate of drug-likeness (QED) is 0.573. The van der Waals surface area contributed by atoms with Gasteiger partial charge in [-0.05, 0) is 68.3 Å². The van der Waals surface area contributed by atoms with Crippen molar-refractivity contribution >= 4 is 0 Å². The van der Waals surface area contributed by atoms with Crippen molar-refractivity contribution in [3.8, 4) is 23.0 Å². The van der Waals surface area contributed by atoms with E-state index in [0.29, 0.717) is 18.5 Å². The van der Waals surface area contributed by atoms with E-state index in [1.807, 2.05) is 31.2 Å². The van der Waals surface area contributed by atoms with Crippen LogP contribution in [-0.4, -0.2) is 30.1 Å². The molecule has 1 aliphatic rings. The maximum absolute atomic E-state index is 5.72. The predicted octanol–water partition coefficient (Wildman–Crippen LogP) is 5.09. The van der Waals surface area contributed by atoms with Gasteiger partial charge in [0.1, 0.15) is 17.8 Å². The van der Waals surface area contributed by atoms with Crippen LogP contribution in [0.5, 0.6) is 11.5 Å². The topological polar surface area (TPSA) is 47.7 Å². The van der Waals surface area contributed by atoms with Crippen LogP contribution in [0.4, 0.5) is 0 Å². The molecule has 0 bridgehead atoms. The van der Waals surface area contributed by atoms with Gasteiger partial charge in [0.05, 0.1) is 19.4 Å². The van der Waals surface area contributed by atoms with Gasteiger partial charge in [0, 0.05) is 18.2 Å². The largest absolute Gasteiger partial charge is 0.497 e. The van der Waals surface area contributed by atoms with Crippen LogP contribution in [0.15, 0.2) is 59.2 Å². The fourth-order valence-electron chi connectivity index (χ4n) is 3.80. The number of benzene rings is 2. The first-order valence-corrected chi connectivity index (χ1v) is 9.82. The molecule has 0 saturated carbocycles. The van der Waals surface area contributed by atoms with E-state index in [1.165, 1.54) is 12.0 Å². The first kappa shape index (κ1) is 18.6. The van der Waals surface area contributed by atoms with Gasteiger partial charge >= 0.3 is 0 Å². The van der Waals surface area contributed by atoms with Crippen molar-refractivity contribution in [3.63, 3.8) is 0 Å². The molecule has 28 heavy (non-hydrogen) atoms. The van der Waals surface area contributed by atoms with Crippen LogP contribution < -0.4 is 9.47 Å². The minimum Gasteiger partial charge on any atom is -0.497 e. The number of aromatic nitrogens is 1. The number of nitrogens with zero attached hydrogens (tertiary/aromatic N) is 2. The molecule has 1 aromatic heterocycles. The van der Waals surface area contributed by atoms with Gasteiger partial charge in [-0.2, -0.15) is 0 Å². The molecule has 4 rings (SSSR count). The van der Waals surface area contributed by atoms with Gasteiger partial charge in [0.25, 0.3) is 0 Å². The van der Waals surface area contributed by atoms with Crippen LogP contribution in [-0.2, 0) is 6.54 Å². The molecule has 5 nitrogen and oxygen atoms in total. The van der Waals surface area contributed by atoms with Gasteiger partial charge < -0.3 is 13.9 Å². The average molecular weight is 378 g/mol. The van der Waals surface area contributed by atoms with E-state index in [9.17, 15) is 0 Å². The number of hydrogen-bond donors (Lipinski definition) is 0. The maximum atomic E-state index is 5.72. The summed E-state index contributed by atoms with van der Waals surface area (Å²) in [6.45, 7) is 4.56. The van der Waals surface area contributed by atoms with Crippen LogP contribution in [0, 0.1) is 0 Å². The minimum atomic E-state index is 0.414. The van der Waals surface area contributed by atoms with E-state index in [0.717, 1.165) is 42.3 Å². The van der Waals surface area contributed by atoms with E-state index in [-0.39, 0.29) is 0 Å². The number of oxazole rings is 1. The van der Waals surface area contributed by atoms with Crippen molar-refractivity contribution < 1.29 is 13.9 Å². The second-order valence-corrected chi connectivity index (χ2v) is 7.00. The third-order valence-electron chi connectivity index (χ3n) is 5.19. The number of likely N-dealkylation sites (tertiary alicyclic amines) is 1. The zero-order chi connectivity index (χ0) is 19.3. The molecular weight excluding hydrogens is 352 g/mol. The Morgan fingerprint density at radius 3 is 2.54 bits per heavy atom. The lowest BCUT2D eigenvalue weighted by Crippen LogP contribution is -2.22.